The number of hydrogen-bond acceptors (Lipinski definition) is 2. The van der Waals surface area contributed by atoms with E-state index in [0.717, 1.165) is 23.5 Å². The third-order valence-electron chi connectivity index (χ3n) is 2.12. The summed E-state index contributed by atoms with van der Waals surface area (Å²) in [6.45, 7) is 6.03. The summed E-state index contributed by atoms with van der Waals surface area (Å²) in [7, 11) is 0. The first-order chi connectivity index (χ1) is 7.15. The number of rotatable bonds is 5. The number of benzene rings is 1. The van der Waals surface area contributed by atoms with Gasteiger partial charge in [0, 0.05) is 11.4 Å². The van der Waals surface area contributed by atoms with Gasteiger partial charge in [0.25, 0.3) is 0 Å². The van der Waals surface area contributed by atoms with Gasteiger partial charge in [-0.25, -0.2) is 4.39 Å². The molecule has 0 saturated heterocycles. The van der Waals surface area contributed by atoms with E-state index in [1.807, 2.05) is 12.3 Å². The van der Waals surface area contributed by atoms with Crippen molar-refractivity contribution in [1.29, 1.82) is 0 Å². The van der Waals surface area contributed by atoms with Crippen molar-refractivity contribution < 1.29 is 4.39 Å². The van der Waals surface area contributed by atoms with Crippen LogP contribution in [0.25, 0.3) is 0 Å². The molecule has 0 bridgehead atoms. The van der Waals surface area contributed by atoms with Gasteiger partial charge in [-0.3, -0.25) is 0 Å². The predicted octanol–water partition coefficient (Wildman–Crippen LogP) is 3.29. The van der Waals surface area contributed by atoms with Crippen LogP contribution >= 0.6 is 11.8 Å². The maximum Gasteiger partial charge on any atom is 0.137 e. The molecule has 0 spiro atoms. The van der Waals surface area contributed by atoms with Crippen molar-refractivity contribution in [3.8, 4) is 0 Å². The summed E-state index contributed by atoms with van der Waals surface area (Å²) < 4.78 is 13.4. The first-order valence-electron chi connectivity index (χ1n) is 5.17. The van der Waals surface area contributed by atoms with Gasteiger partial charge in [-0.2, -0.15) is 0 Å². The largest absolute Gasteiger partial charge is 0.312 e. The SMILES string of the molecule is CSc1c(F)cccc1CNCC(C)C. The fourth-order valence-electron chi connectivity index (χ4n) is 1.42. The molecule has 0 amide bonds. The summed E-state index contributed by atoms with van der Waals surface area (Å²) in [5.41, 5.74) is 1.04. The van der Waals surface area contributed by atoms with E-state index in [-0.39, 0.29) is 5.82 Å². The van der Waals surface area contributed by atoms with Crippen molar-refractivity contribution in [3.05, 3.63) is 29.6 Å². The highest BCUT2D eigenvalue weighted by atomic mass is 32.2. The number of halogens is 1. The average molecular weight is 227 g/mol. The molecule has 1 nitrogen and oxygen atoms in total. The van der Waals surface area contributed by atoms with Gasteiger partial charge in [0.05, 0.1) is 0 Å². The van der Waals surface area contributed by atoms with Gasteiger partial charge in [0.2, 0.25) is 0 Å². The molecule has 0 unspecified atom stereocenters. The molecule has 0 fully saturated rings. The van der Waals surface area contributed by atoms with Gasteiger partial charge >= 0.3 is 0 Å². The van der Waals surface area contributed by atoms with Crippen molar-refractivity contribution in [3.63, 3.8) is 0 Å². The fraction of sp³-hybridized carbons (Fsp3) is 0.500. The molecule has 1 aromatic rings. The first-order valence-corrected chi connectivity index (χ1v) is 6.39. The topological polar surface area (TPSA) is 12.0 Å². The van der Waals surface area contributed by atoms with Crippen molar-refractivity contribution in [2.75, 3.05) is 12.8 Å². The second kappa shape index (κ2) is 6.13. The maximum atomic E-state index is 13.4. The quantitative estimate of drug-likeness (QED) is 0.775. The zero-order valence-electron chi connectivity index (χ0n) is 9.51. The Hall–Kier alpha value is -0.540. The minimum atomic E-state index is -0.119. The molecule has 1 N–H and O–H groups in total. The summed E-state index contributed by atoms with van der Waals surface area (Å²) in [5, 5.41) is 3.32. The van der Waals surface area contributed by atoms with Crippen molar-refractivity contribution in [1.82, 2.24) is 5.32 Å². The fourth-order valence-corrected chi connectivity index (χ4v) is 2.08. The summed E-state index contributed by atoms with van der Waals surface area (Å²) in [6.07, 6.45) is 1.91. The zero-order chi connectivity index (χ0) is 11.3. The molecule has 0 saturated carbocycles. The molecule has 1 aromatic carbocycles. The van der Waals surface area contributed by atoms with Crippen LogP contribution in [0.2, 0.25) is 0 Å². The van der Waals surface area contributed by atoms with Crippen molar-refractivity contribution in [2.24, 2.45) is 5.92 Å². The molecule has 0 aliphatic rings. The summed E-state index contributed by atoms with van der Waals surface area (Å²) in [4.78, 5) is 0.758. The standard InChI is InChI=1S/C12H18FNS/c1-9(2)7-14-8-10-5-4-6-11(13)12(10)15-3/h4-6,9,14H,7-8H2,1-3H3. The second-order valence-electron chi connectivity index (χ2n) is 3.96. The summed E-state index contributed by atoms with van der Waals surface area (Å²) in [5.74, 6) is 0.502. The Kier molecular flexibility index (Phi) is 5.12. The Morgan fingerprint density at radius 2 is 2.13 bits per heavy atom. The van der Waals surface area contributed by atoms with Crippen LogP contribution in [-0.4, -0.2) is 12.8 Å². The van der Waals surface area contributed by atoms with E-state index in [1.165, 1.54) is 17.8 Å². The Labute approximate surface area is 95.5 Å². The third-order valence-corrected chi connectivity index (χ3v) is 2.99. The van der Waals surface area contributed by atoms with E-state index in [0.29, 0.717) is 5.92 Å². The smallest absolute Gasteiger partial charge is 0.137 e. The van der Waals surface area contributed by atoms with Crippen molar-refractivity contribution >= 4 is 11.8 Å². The molecule has 0 heterocycles. The minimum absolute atomic E-state index is 0.119. The first kappa shape index (κ1) is 12.5. The van der Waals surface area contributed by atoms with E-state index in [4.69, 9.17) is 0 Å². The normalized spacial score (nSPS) is 11.0. The molecule has 0 aromatic heterocycles. The van der Waals surface area contributed by atoms with Gasteiger partial charge in [-0.05, 0) is 30.3 Å². The third kappa shape index (κ3) is 3.84. The van der Waals surface area contributed by atoms with Crippen LogP contribution in [0.1, 0.15) is 19.4 Å². The van der Waals surface area contributed by atoms with Crippen molar-refractivity contribution in [2.45, 2.75) is 25.3 Å². The van der Waals surface area contributed by atoms with Gasteiger partial charge < -0.3 is 5.32 Å². The number of thioether (sulfide) groups is 1. The molecule has 0 aliphatic carbocycles. The summed E-state index contributed by atoms with van der Waals surface area (Å²) >= 11 is 1.47. The van der Waals surface area contributed by atoms with Crippen LogP contribution in [0.5, 0.6) is 0 Å². The van der Waals surface area contributed by atoms with Crippen LogP contribution in [-0.2, 0) is 6.54 Å². The van der Waals surface area contributed by atoms with Crippen LogP contribution in [0.15, 0.2) is 23.1 Å². The Morgan fingerprint density at radius 1 is 1.40 bits per heavy atom. The van der Waals surface area contributed by atoms with Gasteiger partial charge in [0.15, 0.2) is 0 Å². The van der Waals surface area contributed by atoms with Crippen LogP contribution in [0.3, 0.4) is 0 Å². The number of nitrogens with one attached hydrogen (secondary N) is 1. The van der Waals surface area contributed by atoms with Gasteiger partial charge in [-0.1, -0.05) is 26.0 Å². The molecular weight excluding hydrogens is 209 g/mol. The molecule has 15 heavy (non-hydrogen) atoms. The lowest BCUT2D eigenvalue weighted by molar-refractivity contribution is 0.543. The Balaban J connectivity index is 2.64. The van der Waals surface area contributed by atoms with E-state index in [1.54, 1.807) is 6.07 Å². The highest BCUT2D eigenvalue weighted by Crippen LogP contribution is 2.23. The maximum absolute atomic E-state index is 13.4. The molecule has 0 aliphatic heterocycles. The van der Waals surface area contributed by atoms with E-state index in [9.17, 15) is 4.39 Å². The molecule has 0 radical (unpaired) electrons. The van der Waals surface area contributed by atoms with Gasteiger partial charge in [-0.15, -0.1) is 11.8 Å². The van der Waals surface area contributed by atoms with E-state index < -0.39 is 0 Å². The predicted molar refractivity (Wildman–Crippen MR) is 64.7 cm³/mol. The average Bonchev–Trinajstić information content (AvgIpc) is 2.17. The zero-order valence-corrected chi connectivity index (χ0v) is 10.3. The lowest BCUT2D eigenvalue weighted by Crippen LogP contribution is -2.19. The Morgan fingerprint density at radius 3 is 2.73 bits per heavy atom. The van der Waals surface area contributed by atoms with E-state index in [2.05, 4.69) is 19.2 Å². The monoisotopic (exact) mass is 227 g/mol. The number of hydrogen-bond donors (Lipinski definition) is 1. The molecule has 3 heteroatoms. The van der Waals surface area contributed by atoms with Crippen LogP contribution < -0.4 is 5.32 Å². The lowest BCUT2D eigenvalue weighted by atomic mass is 10.2. The van der Waals surface area contributed by atoms with Crippen LogP contribution in [0, 0.1) is 11.7 Å². The Bertz CT molecular complexity index is 312. The molecule has 84 valence electrons. The molecule has 1 rings (SSSR count). The highest BCUT2D eigenvalue weighted by Gasteiger charge is 2.06. The second-order valence-corrected chi connectivity index (χ2v) is 4.77. The minimum Gasteiger partial charge on any atom is -0.312 e. The van der Waals surface area contributed by atoms with Gasteiger partial charge in [0.1, 0.15) is 5.82 Å². The lowest BCUT2D eigenvalue weighted by Gasteiger charge is -2.10. The molecular formula is C12H18FNS. The van der Waals surface area contributed by atoms with Crippen LogP contribution in [0.4, 0.5) is 4.39 Å². The van der Waals surface area contributed by atoms with E-state index >= 15 is 0 Å². The highest BCUT2D eigenvalue weighted by molar-refractivity contribution is 7.98. The summed E-state index contributed by atoms with van der Waals surface area (Å²) in [6, 6.07) is 5.25. The molecule has 0 atom stereocenters.